The molecule has 1 aliphatic carbocycles. The van der Waals surface area contributed by atoms with E-state index in [9.17, 15) is 31.5 Å². The van der Waals surface area contributed by atoms with E-state index < -0.39 is 52.6 Å². The van der Waals surface area contributed by atoms with Crippen molar-refractivity contribution in [3.8, 4) is 0 Å². The van der Waals surface area contributed by atoms with E-state index in [-0.39, 0.29) is 12.0 Å². The van der Waals surface area contributed by atoms with E-state index in [1.165, 1.54) is 6.08 Å². The van der Waals surface area contributed by atoms with Crippen molar-refractivity contribution in [2.45, 2.75) is 12.8 Å². The van der Waals surface area contributed by atoms with Crippen molar-refractivity contribution >= 4 is 11.6 Å². The quantitative estimate of drug-likeness (QED) is 0.281. The van der Waals surface area contributed by atoms with Gasteiger partial charge in [-0.25, -0.2) is 22.0 Å². The fraction of sp³-hybridized carbons (Fsp3) is 0.143. The molecule has 2 nitrogen and oxygen atoms in total. The fourth-order valence-electron chi connectivity index (χ4n) is 1.85. The van der Waals surface area contributed by atoms with E-state index in [1.54, 1.807) is 12.2 Å². The first-order chi connectivity index (χ1) is 9.84. The highest BCUT2D eigenvalue weighted by atomic mass is 19.2. The van der Waals surface area contributed by atoms with Crippen molar-refractivity contribution < 1.29 is 31.5 Å². The van der Waals surface area contributed by atoms with Gasteiger partial charge >= 0.3 is 0 Å². The van der Waals surface area contributed by atoms with Gasteiger partial charge in [-0.3, -0.25) is 9.59 Å². The minimum atomic E-state index is -2.35. The van der Waals surface area contributed by atoms with E-state index in [0.29, 0.717) is 0 Å². The van der Waals surface area contributed by atoms with Gasteiger partial charge < -0.3 is 0 Å². The van der Waals surface area contributed by atoms with Crippen LogP contribution in [-0.4, -0.2) is 11.6 Å². The fourth-order valence-corrected chi connectivity index (χ4v) is 1.85. The molecule has 0 fully saturated rings. The van der Waals surface area contributed by atoms with Crippen LogP contribution in [0.15, 0.2) is 23.8 Å². The Labute approximate surface area is 115 Å². The number of hydrogen-bond acceptors (Lipinski definition) is 2. The second-order valence-electron chi connectivity index (χ2n) is 4.29. The average molecular weight is 302 g/mol. The highest BCUT2D eigenvalue weighted by molar-refractivity contribution is 6.13. The lowest BCUT2D eigenvalue weighted by Crippen LogP contribution is -2.16. The molecule has 110 valence electrons. The molecular weight excluding hydrogens is 295 g/mol. The maximum atomic E-state index is 13.4. The van der Waals surface area contributed by atoms with Crippen molar-refractivity contribution in [3.63, 3.8) is 0 Å². The number of carbonyl (C=O) groups excluding carboxylic acids is 2. The summed E-state index contributed by atoms with van der Waals surface area (Å²) < 4.78 is 65.6. The lowest BCUT2D eigenvalue weighted by molar-refractivity contribution is -0.114. The smallest absolute Gasteiger partial charge is 0.200 e. The van der Waals surface area contributed by atoms with Crippen molar-refractivity contribution in [1.29, 1.82) is 0 Å². The molecule has 7 heteroatoms. The first kappa shape index (κ1) is 15.1. The van der Waals surface area contributed by atoms with Gasteiger partial charge in [0.1, 0.15) is 0 Å². The van der Waals surface area contributed by atoms with E-state index in [2.05, 4.69) is 0 Å². The highest BCUT2D eigenvalue weighted by Crippen LogP contribution is 2.25. The predicted octanol–water partition coefficient (Wildman–Crippen LogP) is 3.41. The minimum absolute atomic E-state index is 0.229. The normalized spacial score (nSPS) is 13.5. The van der Waals surface area contributed by atoms with Gasteiger partial charge in [0.2, 0.25) is 5.82 Å². The molecule has 0 spiro atoms. The predicted molar refractivity (Wildman–Crippen MR) is 62.0 cm³/mol. The van der Waals surface area contributed by atoms with Gasteiger partial charge in [0, 0.05) is 0 Å². The number of allylic oxidation sites excluding steroid dienone is 4. The summed E-state index contributed by atoms with van der Waals surface area (Å²) in [5.41, 5.74) is -1.36. The summed E-state index contributed by atoms with van der Waals surface area (Å²) in [4.78, 5) is 23.3. The maximum absolute atomic E-state index is 13.4. The van der Waals surface area contributed by atoms with Crippen LogP contribution in [0.1, 0.15) is 23.2 Å². The van der Waals surface area contributed by atoms with Gasteiger partial charge in [-0.05, 0) is 12.0 Å². The lowest BCUT2D eigenvalue weighted by atomic mass is 10.00. The van der Waals surface area contributed by atoms with Gasteiger partial charge in [-0.2, -0.15) is 0 Å². The zero-order valence-corrected chi connectivity index (χ0v) is 10.4. The minimum Gasteiger partial charge on any atom is -0.294 e. The van der Waals surface area contributed by atoms with Gasteiger partial charge in [0.05, 0.1) is 12.0 Å². The Bertz CT molecular complexity index is 675. The molecule has 0 bridgehead atoms. The highest BCUT2D eigenvalue weighted by Gasteiger charge is 2.30. The SMILES string of the molecule is O=C(CC(=O)c1c(F)c(F)c(F)c(F)c1F)C1=CC=CC1. The van der Waals surface area contributed by atoms with Crippen molar-refractivity contribution in [3.05, 3.63) is 58.5 Å². The van der Waals surface area contributed by atoms with Gasteiger partial charge in [-0.15, -0.1) is 0 Å². The van der Waals surface area contributed by atoms with Crippen LogP contribution in [0.3, 0.4) is 0 Å². The van der Waals surface area contributed by atoms with E-state index >= 15 is 0 Å². The van der Waals surface area contributed by atoms with E-state index in [0.717, 1.165) is 0 Å². The molecule has 2 rings (SSSR count). The zero-order chi connectivity index (χ0) is 15.7. The van der Waals surface area contributed by atoms with Crippen LogP contribution in [0.4, 0.5) is 22.0 Å². The Kier molecular flexibility index (Phi) is 4.02. The van der Waals surface area contributed by atoms with E-state index in [1.807, 2.05) is 0 Å². The average Bonchev–Trinajstić information content (AvgIpc) is 2.97. The molecule has 0 radical (unpaired) electrons. The molecule has 1 aliphatic rings. The monoisotopic (exact) mass is 302 g/mol. The number of hydrogen-bond donors (Lipinski definition) is 0. The standard InChI is InChI=1S/C14H7F5O2/c15-10-9(11(16)13(18)14(19)12(10)17)8(21)5-7(20)6-3-1-2-4-6/h1-3H,4-5H2. The Morgan fingerprint density at radius 3 is 1.86 bits per heavy atom. The van der Waals surface area contributed by atoms with Gasteiger partial charge in [0.15, 0.2) is 34.8 Å². The Hall–Kier alpha value is -2.31. The summed E-state index contributed by atoms with van der Waals surface area (Å²) in [6.07, 6.45) is 3.87. The molecule has 0 amide bonds. The summed E-state index contributed by atoms with van der Waals surface area (Å²) in [5.74, 6) is -13.4. The van der Waals surface area contributed by atoms with Crippen molar-refractivity contribution in [2.75, 3.05) is 0 Å². The van der Waals surface area contributed by atoms with Gasteiger partial charge in [0.25, 0.3) is 0 Å². The molecule has 0 saturated heterocycles. The number of halogens is 5. The number of ketones is 2. The molecular formula is C14H7F5O2. The Morgan fingerprint density at radius 1 is 0.857 bits per heavy atom. The van der Waals surface area contributed by atoms with E-state index in [4.69, 9.17) is 0 Å². The van der Waals surface area contributed by atoms with Crippen LogP contribution in [0.25, 0.3) is 0 Å². The first-order valence-electron chi connectivity index (χ1n) is 5.78. The molecule has 0 atom stereocenters. The van der Waals surface area contributed by atoms with Crippen LogP contribution in [-0.2, 0) is 4.79 Å². The molecule has 0 aromatic heterocycles. The third kappa shape index (κ3) is 2.63. The molecule has 1 aromatic rings. The number of rotatable bonds is 4. The van der Waals surface area contributed by atoms with Crippen molar-refractivity contribution in [1.82, 2.24) is 0 Å². The summed E-state index contributed by atoms with van der Waals surface area (Å²) in [6.45, 7) is 0. The zero-order valence-electron chi connectivity index (χ0n) is 10.4. The maximum Gasteiger partial charge on any atom is 0.200 e. The lowest BCUT2D eigenvalue weighted by Gasteiger charge is -2.07. The summed E-state index contributed by atoms with van der Waals surface area (Å²) in [7, 11) is 0. The molecule has 21 heavy (non-hydrogen) atoms. The van der Waals surface area contributed by atoms with Crippen LogP contribution in [0, 0.1) is 29.1 Å². The molecule has 0 saturated carbocycles. The largest absolute Gasteiger partial charge is 0.294 e. The van der Waals surface area contributed by atoms with Crippen LogP contribution in [0.2, 0.25) is 0 Å². The molecule has 0 aliphatic heterocycles. The first-order valence-corrected chi connectivity index (χ1v) is 5.78. The summed E-state index contributed by atoms with van der Waals surface area (Å²) >= 11 is 0. The summed E-state index contributed by atoms with van der Waals surface area (Å²) in [6, 6.07) is 0. The second-order valence-corrected chi connectivity index (χ2v) is 4.29. The molecule has 0 unspecified atom stereocenters. The van der Waals surface area contributed by atoms with Gasteiger partial charge in [-0.1, -0.05) is 18.2 Å². The molecule has 0 N–H and O–H groups in total. The number of carbonyl (C=O) groups is 2. The topological polar surface area (TPSA) is 34.1 Å². The molecule has 1 aromatic carbocycles. The van der Waals surface area contributed by atoms with Crippen LogP contribution >= 0.6 is 0 Å². The number of Topliss-reactive ketones (excluding diaryl/α,β-unsaturated/α-hetero) is 2. The third-order valence-electron chi connectivity index (χ3n) is 2.94. The Balaban J connectivity index is 2.34. The summed E-state index contributed by atoms with van der Waals surface area (Å²) in [5, 5.41) is 0. The Morgan fingerprint density at radius 2 is 1.38 bits per heavy atom. The van der Waals surface area contributed by atoms with Crippen LogP contribution in [0.5, 0.6) is 0 Å². The molecule has 0 heterocycles. The van der Waals surface area contributed by atoms with Crippen LogP contribution < -0.4 is 0 Å². The third-order valence-corrected chi connectivity index (χ3v) is 2.94. The van der Waals surface area contributed by atoms with Crippen molar-refractivity contribution in [2.24, 2.45) is 0 Å². The number of benzene rings is 1. The second kappa shape index (κ2) is 5.59.